The first-order valence-electron chi connectivity index (χ1n) is 18.8. The van der Waals surface area contributed by atoms with Crippen LogP contribution in [0.2, 0.25) is 0 Å². The minimum absolute atomic E-state index is 0.171. The monoisotopic (exact) mass is 778 g/mol. The molecule has 0 bridgehead atoms. The highest BCUT2D eigenvalue weighted by Gasteiger charge is 2.39. The van der Waals surface area contributed by atoms with Crippen LogP contribution in [0.5, 0.6) is 0 Å². The van der Waals surface area contributed by atoms with Crippen LogP contribution in [0, 0.1) is 12.8 Å². The van der Waals surface area contributed by atoms with Gasteiger partial charge in [-0.05, 0) is 61.4 Å². The summed E-state index contributed by atoms with van der Waals surface area (Å²) in [6.45, 7) is 7.16. The first-order valence-corrected chi connectivity index (χ1v) is 18.8. The third-order valence-electron chi connectivity index (χ3n) is 9.54. The summed E-state index contributed by atoms with van der Waals surface area (Å²) in [5, 5.41) is 25.3. The fourth-order valence-corrected chi connectivity index (χ4v) is 6.08. The second-order valence-electron chi connectivity index (χ2n) is 13.9. The summed E-state index contributed by atoms with van der Waals surface area (Å²) >= 11 is 0. The van der Waals surface area contributed by atoms with Crippen molar-refractivity contribution in [1.29, 1.82) is 0 Å². The van der Waals surface area contributed by atoms with Crippen molar-refractivity contribution < 1.29 is 43.5 Å². The minimum Gasteiger partial charge on any atom is -0.481 e. The fourth-order valence-electron chi connectivity index (χ4n) is 6.08. The standard InChI is InChI=1S/C39H54N8O9/c1-5-7-14-31(48)41-22-29(43-32(49)20-25-15-17-26(18-16-25)42-39(56)45-27-12-9-8-11-24(27)4)37(54)44-28(21-33(50)51)36(53)46-34(23(3)6-2)38(55)47-19-10-13-30(47)35(40)52/h8-9,11-12,15-18,23,28-30,34H,5-7,10,13-14,19-22H2,1-4H3,(H2,40,52)(H,41,48)(H,43,49)(H,44,54)(H,46,53)(H,50,51)(H2,42,45,56)/t23?,28-,29-,30-,34-/m0/s1. The molecule has 56 heavy (non-hydrogen) atoms. The van der Waals surface area contributed by atoms with E-state index in [1.54, 1.807) is 50.2 Å². The number of nitrogens with zero attached hydrogens (tertiary/aromatic N) is 1. The molecule has 5 atom stereocenters. The number of carbonyl (C=O) groups excluding carboxylic acids is 7. The molecule has 0 aliphatic carbocycles. The molecule has 0 spiro atoms. The summed E-state index contributed by atoms with van der Waals surface area (Å²) in [6, 6.07) is 8.16. The molecule has 0 saturated carbocycles. The van der Waals surface area contributed by atoms with E-state index in [9.17, 15) is 43.5 Å². The van der Waals surface area contributed by atoms with Crippen molar-refractivity contribution in [3.8, 4) is 0 Å². The van der Waals surface area contributed by atoms with Crippen LogP contribution in [0.3, 0.4) is 0 Å². The highest BCUT2D eigenvalue weighted by atomic mass is 16.4. The Kier molecular flexibility index (Phi) is 17.3. The molecule has 2 aromatic rings. The number of hydrogen-bond acceptors (Lipinski definition) is 8. The summed E-state index contributed by atoms with van der Waals surface area (Å²) in [4.78, 5) is 104. The second kappa shape index (κ2) is 21.8. The van der Waals surface area contributed by atoms with E-state index in [2.05, 4.69) is 31.9 Å². The van der Waals surface area contributed by atoms with Crippen LogP contribution >= 0.6 is 0 Å². The van der Waals surface area contributed by atoms with Gasteiger partial charge in [0.1, 0.15) is 24.2 Å². The van der Waals surface area contributed by atoms with Gasteiger partial charge in [0, 0.05) is 30.9 Å². The van der Waals surface area contributed by atoms with Crippen LogP contribution < -0.4 is 37.6 Å². The van der Waals surface area contributed by atoms with Crippen LogP contribution in [0.25, 0.3) is 0 Å². The highest BCUT2D eigenvalue weighted by Crippen LogP contribution is 2.21. The third kappa shape index (κ3) is 13.7. The van der Waals surface area contributed by atoms with Crippen molar-refractivity contribution >= 4 is 58.8 Å². The summed E-state index contributed by atoms with van der Waals surface area (Å²) in [7, 11) is 0. The Morgan fingerprint density at radius 1 is 0.875 bits per heavy atom. The Bertz CT molecular complexity index is 1730. The van der Waals surface area contributed by atoms with E-state index in [0.717, 1.165) is 12.0 Å². The van der Waals surface area contributed by atoms with Crippen molar-refractivity contribution in [3.05, 3.63) is 59.7 Å². The Morgan fingerprint density at radius 2 is 1.55 bits per heavy atom. The Hall–Kier alpha value is -6.00. The lowest BCUT2D eigenvalue weighted by atomic mass is 9.96. The Labute approximate surface area is 326 Å². The number of urea groups is 1. The smallest absolute Gasteiger partial charge is 0.323 e. The van der Waals surface area contributed by atoms with Crippen molar-refractivity contribution in [2.75, 3.05) is 23.7 Å². The maximum absolute atomic E-state index is 13.7. The SMILES string of the molecule is CCCCC(=O)NC[C@H](NC(=O)Cc1ccc(NC(=O)Nc2ccccc2C)cc1)C(=O)N[C@@H](CC(=O)O)C(=O)N[C@H](C(=O)N1CCC[C@H]1C(N)=O)C(C)CC. The number of aliphatic carboxylic acids is 1. The maximum Gasteiger partial charge on any atom is 0.323 e. The van der Waals surface area contributed by atoms with E-state index in [-0.39, 0.29) is 31.8 Å². The normalized spacial score (nSPS) is 15.6. The van der Waals surface area contributed by atoms with Crippen LogP contribution in [0.1, 0.15) is 76.8 Å². The Balaban J connectivity index is 1.73. The number of aryl methyl sites for hydroxylation is 1. The molecule has 1 saturated heterocycles. The predicted octanol–water partition coefficient (Wildman–Crippen LogP) is 1.94. The molecule has 1 fully saturated rings. The van der Waals surface area contributed by atoms with Crippen LogP contribution in [0.15, 0.2) is 48.5 Å². The lowest BCUT2D eigenvalue weighted by molar-refractivity contribution is -0.144. The number of primary amides is 1. The zero-order valence-corrected chi connectivity index (χ0v) is 32.3. The number of unbranched alkanes of at least 4 members (excludes halogenated alkanes) is 1. The molecule has 9 N–H and O–H groups in total. The maximum atomic E-state index is 13.7. The van der Waals surface area contributed by atoms with Crippen molar-refractivity contribution in [1.82, 2.24) is 26.2 Å². The topological polar surface area (TPSA) is 258 Å². The summed E-state index contributed by atoms with van der Waals surface area (Å²) in [6.07, 6.45) is 1.79. The number of anilines is 2. The van der Waals surface area contributed by atoms with E-state index in [0.29, 0.717) is 42.6 Å². The lowest BCUT2D eigenvalue weighted by Gasteiger charge is -2.32. The quantitative estimate of drug-likeness (QED) is 0.0976. The molecule has 1 heterocycles. The van der Waals surface area contributed by atoms with E-state index in [1.165, 1.54) is 4.90 Å². The van der Waals surface area contributed by atoms with E-state index < -0.39 is 78.0 Å². The molecule has 0 aromatic heterocycles. The van der Waals surface area contributed by atoms with Gasteiger partial charge >= 0.3 is 12.0 Å². The number of para-hydroxylation sites is 1. The van der Waals surface area contributed by atoms with Gasteiger partial charge in [-0.15, -0.1) is 0 Å². The predicted molar refractivity (Wildman–Crippen MR) is 208 cm³/mol. The molecular weight excluding hydrogens is 724 g/mol. The van der Waals surface area contributed by atoms with Crippen LogP contribution in [-0.2, 0) is 40.0 Å². The van der Waals surface area contributed by atoms with Gasteiger partial charge in [0.25, 0.3) is 0 Å². The van der Waals surface area contributed by atoms with Crippen LogP contribution in [-0.4, -0.2) is 94.7 Å². The van der Waals surface area contributed by atoms with Gasteiger partial charge in [-0.25, -0.2) is 4.79 Å². The first-order chi connectivity index (χ1) is 26.6. The van der Waals surface area contributed by atoms with Gasteiger partial charge in [0.2, 0.25) is 35.4 Å². The average Bonchev–Trinajstić information content (AvgIpc) is 3.66. The van der Waals surface area contributed by atoms with Crippen molar-refractivity contribution in [3.63, 3.8) is 0 Å². The molecule has 1 unspecified atom stereocenters. The lowest BCUT2D eigenvalue weighted by Crippen LogP contribution is -2.60. The van der Waals surface area contributed by atoms with Crippen molar-refractivity contribution in [2.24, 2.45) is 11.7 Å². The molecule has 304 valence electrons. The van der Waals surface area contributed by atoms with Gasteiger partial charge in [0.15, 0.2) is 0 Å². The number of amides is 8. The molecule has 2 aromatic carbocycles. The number of hydrogen-bond donors (Lipinski definition) is 8. The molecule has 0 radical (unpaired) electrons. The van der Waals surface area contributed by atoms with Crippen LogP contribution in [0.4, 0.5) is 16.2 Å². The minimum atomic E-state index is -1.68. The zero-order valence-electron chi connectivity index (χ0n) is 32.3. The molecule has 3 rings (SSSR count). The summed E-state index contributed by atoms with van der Waals surface area (Å²) < 4.78 is 0. The highest BCUT2D eigenvalue weighted by molar-refractivity contribution is 6.00. The number of benzene rings is 2. The summed E-state index contributed by atoms with van der Waals surface area (Å²) in [5.74, 6) is -6.01. The van der Waals surface area contributed by atoms with E-state index >= 15 is 0 Å². The molecule has 1 aliphatic heterocycles. The number of likely N-dealkylation sites (tertiary alicyclic amines) is 1. The largest absolute Gasteiger partial charge is 0.481 e. The van der Waals surface area contributed by atoms with Gasteiger partial charge < -0.3 is 47.6 Å². The van der Waals surface area contributed by atoms with Gasteiger partial charge in [0.05, 0.1) is 12.8 Å². The van der Waals surface area contributed by atoms with E-state index in [4.69, 9.17) is 5.73 Å². The second-order valence-corrected chi connectivity index (χ2v) is 13.9. The summed E-state index contributed by atoms with van der Waals surface area (Å²) in [5.41, 5.74) is 8.03. The third-order valence-corrected chi connectivity index (χ3v) is 9.54. The Morgan fingerprint density at radius 3 is 2.18 bits per heavy atom. The average molecular weight is 779 g/mol. The molecule has 1 aliphatic rings. The zero-order chi connectivity index (χ0) is 41.4. The van der Waals surface area contributed by atoms with Gasteiger partial charge in [-0.3, -0.25) is 33.6 Å². The van der Waals surface area contributed by atoms with Gasteiger partial charge in [-0.1, -0.05) is 63.9 Å². The number of carboxylic acid groups (broad SMARTS) is 1. The molecular formula is C39H54N8O9. The van der Waals surface area contributed by atoms with Crippen molar-refractivity contribution in [2.45, 2.75) is 103 Å². The van der Waals surface area contributed by atoms with Gasteiger partial charge in [-0.2, -0.15) is 0 Å². The number of nitrogens with one attached hydrogen (secondary N) is 6. The number of rotatable bonds is 20. The number of carboxylic acids is 1. The number of nitrogens with two attached hydrogens (primary N) is 1. The van der Waals surface area contributed by atoms with E-state index in [1.807, 2.05) is 26.0 Å². The number of carbonyl (C=O) groups is 8. The molecule has 17 nitrogen and oxygen atoms in total. The molecule has 8 amide bonds. The molecule has 17 heteroatoms. The first kappa shape index (κ1) is 44.4. The fraction of sp³-hybridized carbons (Fsp3) is 0.487.